The zero-order valence-corrected chi connectivity index (χ0v) is 22.9. The highest BCUT2D eigenvalue weighted by molar-refractivity contribution is 5.94. The normalized spacial score (nSPS) is 16.0. The van der Waals surface area contributed by atoms with E-state index in [0.717, 1.165) is 36.8 Å². The maximum Gasteiger partial charge on any atom is 0.435 e. The molecular formula is C28H40F3N5O2. The molecule has 2 amide bonds. The van der Waals surface area contributed by atoms with Gasteiger partial charge in [-0.3, -0.25) is 14.3 Å². The Labute approximate surface area is 223 Å². The number of amides is 2. The van der Waals surface area contributed by atoms with Crippen molar-refractivity contribution in [3.63, 3.8) is 0 Å². The van der Waals surface area contributed by atoms with Gasteiger partial charge in [0.15, 0.2) is 5.69 Å². The fourth-order valence-electron chi connectivity index (χ4n) is 4.78. The summed E-state index contributed by atoms with van der Waals surface area (Å²) in [5.41, 5.74) is 0.730. The number of para-hydroxylation sites is 1. The molecule has 38 heavy (non-hydrogen) atoms. The zero-order valence-electron chi connectivity index (χ0n) is 22.9. The van der Waals surface area contributed by atoms with Gasteiger partial charge >= 0.3 is 6.18 Å². The summed E-state index contributed by atoms with van der Waals surface area (Å²) in [5, 5.41) is 3.57. The van der Waals surface area contributed by atoms with Gasteiger partial charge in [-0.1, -0.05) is 45.9 Å². The zero-order chi connectivity index (χ0) is 27.9. The first kappa shape index (κ1) is 29.7. The van der Waals surface area contributed by atoms with E-state index in [1.165, 1.54) is 10.9 Å². The Morgan fingerprint density at radius 3 is 2.34 bits per heavy atom. The Kier molecular flexibility index (Phi) is 10.4. The number of hydrogen-bond acceptors (Lipinski definition) is 4. The number of anilines is 1. The Morgan fingerprint density at radius 1 is 0.947 bits per heavy atom. The molecule has 0 saturated heterocycles. The van der Waals surface area contributed by atoms with E-state index in [1.807, 2.05) is 43.0 Å². The second-order valence-electron chi connectivity index (χ2n) is 10.8. The first-order chi connectivity index (χ1) is 17.9. The number of alkyl halides is 3. The van der Waals surface area contributed by atoms with Crippen LogP contribution in [0.25, 0.3) is 0 Å². The van der Waals surface area contributed by atoms with Crippen LogP contribution in [0.3, 0.4) is 0 Å². The molecule has 0 N–H and O–H groups in total. The van der Waals surface area contributed by atoms with Crippen molar-refractivity contribution in [2.45, 2.75) is 66.2 Å². The number of nitrogens with zero attached hydrogens (tertiary/aromatic N) is 5. The average Bonchev–Trinajstić information content (AvgIpc) is 3.31. The predicted octanol–water partition coefficient (Wildman–Crippen LogP) is 5.06. The van der Waals surface area contributed by atoms with Crippen LogP contribution in [-0.4, -0.2) is 64.1 Å². The number of rotatable bonds is 7. The van der Waals surface area contributed by atoms with Crippen LogP contribution in [0.15, 0.2) is 36.5 Å². The number of benzene rings is 1. The van der Waals surface area contributed by atoms with E-state index in [0.29, 0.717) is 38.5 Å². The molecule has 0 atom stereocenters. The van der Waals surface area contributed by atoms with Crippen LogP contribution in [0.2, 0.25) is 0 Å². The number of aromatic nitrogens is 2. The lowest BCUT2D eigenvalue weighted by atomic mass is 10.1. The van der Waals surface area contributed by atoms with Gasteiger partial charge in [-0.15, -0.1) is 0 Å². The molecule has 0 bridgehead atoms. The lowest BCUT2D eigenvalue weighted by Crippen LogP contribution is -2.40. The molecule has 1 aliphatic rings. The summed E-state index contributed by atoms with van der Waals surface area (Å²) in [5.74, 6) is 0.582. The third kappa shape index (κ3) is 8.58. The van der Waals surface area contributed by atoms with Gasteiger partial charge in [0.1, 0.15) is 0 Å². The standard InChI is InChI=1S/C28H40F3N5O2/c1-21(2)18-27(38)36-13-7-12-33(19-22(3)4)16-17-34(20-23-8-5-6-9-24(23)36)26(37)11-15-35-14-10-25(32-35)28(29,30)31/h5-6,8-10,14,21-22H,7,11-13,15-20H2,1-4H3. The first-order valence-corrected chi connectivity index (χ1v) is 13.4. The lowest BCUT2D eigenvalue weighted by Gasteiger charge is -2.29. The summed E-state index contributed by atoms with van der Waals surface area (Å²) in [7, 11) is 0. The molecule has 0 saturated carbocycles. The predicted molar refractivity (Wildman–Crippen MR) is 141 cm³/mol. The van der Waals surface area contributed by atoms with Gasteiger partial charge in [-0.2, -0.15) is 18.3 Å². The third-order valence-corrected chi connectivity index (χ3v) is 6.53. The fourth-order valence-corrected chi connectivity index (χ4v) is 4.78. The molecule has 0 unspecified atom stereocenters. The van der Waals surface area contributed by atoms with Crippen molar-refractivity contribution >= 4 is 17.5 Å². The minimum absolute atomic E-state index is 0.0291. The Bertz CT molecular complexity index is 1070. The van der Waals surface area contributed by atoms with Gasteiger partial charge in [0.05, 0.1) is 0 Å². The minimum Gasteiger partial charge on any atom is -0.337 e. The van der Waals surface area contributed by atoms with E-state index >= 15 is 0 Å². The lowest BCUT2D eigenvalue weighted by molar-refractivity contribution is -0.141. The highest BCUT2D eigenvalue weighted by Gasteiger charge is 2.33. The van der Waals surface area contributed by atoms with E-state index in [-0.39, 0.29) is 30.7 Å². The molecule has 0 spiro atoms. The van der Waals surface area contributed by atoms with Crippen molar-refractivity contribution in [2.24, 2.45) is 11.8 Å². The Hall–Kier alpha value is -2.88. The van der Waals surface area contributed by atoms with Crippen molar-refractivity contribution in [1.82, 2.24) is 19.6 Å². The smallest absolute Gasteiger partial charge is 0.337 e. The molecule has 2 aromatic rings. The highest BCUT2D eigenvalue weighted by Crippen LogP contribution is 2.28. The molecule has 0 radical (unpaired) electrons. The van der Waals surface area contributed by atoms with Crippen LogP contribution in [0.1, 0.15) is 58.2 Å². The molecular weight excluding hydrogens is 495 g/mol. The molecule has 1 aromatic heterocycles. The Balaban J connectivity index is 1.85. The molecule has 0 aliphatic carbocycles. The van der Waals surface area contributed by atoms with Crippen LogP contribution in [0.4, 0.5) is 18.9 Å². The summed E-state index contributed by atoms with van der Waals surface area (Å²) in [6.07, 6.45) is -1.98. The topological polar surface area (TPSA) is 61.7 Å². The minimum atomic E-state index is -4.52. The second kappa shape index (κ2) is 13.3. The summed E-state index contributed by atoms with van der Waals surface area (Å²) in [6, 6.07) is 8.60. The molecule has 3 rings (SSSR count). The maximum atomic E-state index is 13.4. The van der Waals surface area contributed by atoms with Crippen LogP contribution in [0.5, 0.6) is 0 Å². The molecule has 1 aromatic carbocycles. The van der Waals surface area contributed by atoms with E-state index in [9.17, 15) is 22.8 Å². The number of carbonyl (C=O) groups is 2. The van der Waals surface area contributed by atoms with Gasteiger partial charge in [-0.25, -0.2) is 0 Å². The van der Waals surface area contributed by atoms with Crippen LogP contribution in [0, 0.1) is 11.8 Å². The summed E-state index contributed by atoms with van der Waals surface area (Å²) >= 11 is 0. The first-order valence-electron chi connectivity index (χ1n) is 13.4. The fraction of sp³-hybridized carbons (Fsp3) is 0.607. The number of hydrogen-bond donors (Lipinski definition) is 0. The third-order valence-electron chi connectivity index (χ3n) is 6.53. The van der Waals surface area contributed by atoms with Gasteiger partial charge in [-0.05, 0) is 42.5 Å². The number of carbonyl (C=O) groups excluding carboxylic acids is 2. The quantitative estimate of drug-likeness (QED) is 0.497. The number of aryl methyl sites for hydroxylation is 1. The largest absolute Gasteiger partial charge is 0.435 e. The molecule has 2 heterocycles. The number of fused-ring (bicyclic) bond motifs is 1. The maximum absolute atomic E-state index is 13.4. The van der Waals surface area contributed by atoms with Gasteiger partial charge in [0.2, 0.25) is 11.8 Å². The number of halogens is 3. The second-order valence-corrected chi connectivity index (χ2v) is 10.8. The van der Waals surface area contributed by atoms with Gasteiger partial charge in [0, 0.05) is 64.0 Å². The summed E-state index contributed by atoms with van der Waals surface area (Å²) in [4.78, 5) is 32.6. The van der Waals surface area contributed by atoms with Gasteiger partial charge in [0.25, 0.3) is 0 Å². The molecule has 10 heteroatoms. The molecule has 7 nitrogen and oxygen atoms in total. The van der Waals surface area contributed by atoms with E-state index in [4.69, 9.17) is 0 Å². The van der Waals surface area contributed by atoms with Crippen molar-refractivity contribution in [3.8, 4) is 0 Å². The van der Waals surface area contributed by atoms with Crippen LogP contribution < -0.4 is 4.90 Å². The SMILES string of the molecule is CC(C)CC(=O)N1CCCN(CC(C)C)CCN(C(=O)CCn2ccc(C(F)(F)F)n2)Cc2ccccc21. The van der Waals surface area contributed by atoms with Crippen molar-refractivity contribution < 1.29 is 22.8 Å². The average molecular weight is 536 g/mol. The summed E-state index contributed by atoms with van der Waals surface area (Å²) in [6.45, 7) is 12.2. The highest BCUT2D eigenvalue weighted by atomic mass is 19.4. The van der Waals surface area contributed by atoms with E-state index < -0.39 is 11.9 Å². The molecule has 0 fully saturated rings. The van der Waals surface area contributed by atoms with Crippen molar-refractivity contribution in [2.75, 3.05) is 37.6 Å². The van der Waals surface area contributed by atoms with Crippen LogP contribution >= 0.6 is 0 Å². The summed E-state index contributed by atoms with van der Waals surface area (Å²) < 4.78 is 39.9. The molecule has 210 valence electrons. The van der Waals surface area contributed by atoms with E-state index in [2.05, 4.69) is 23.8 Å². The van der Waals surface area contributed by atoms with E-state index in [1.54, 1.807) is 4.90 Å². The van der Waals surface area contributed by atoms with Crippen LogP contribution in [-0.2, 0) is 28.9 Å². The van der Waals surface area contributed by atoms with Gasteiger partial charge < -0.3 is 14.7 Å². The monoisotopic (exact) mass is 535 g/mol. The van der Waals surface area contributed by atoms with Crippen molar-refractivity contribution in [3.05, 3.63) is 47.8 Å². The Morgan fingerprint density at radius 2 is 1.68 bits per heavy atom. The van der Waals surface area contributed by atoms with Crippen molar-refractivity contribution in [1.29, 1.82) is 0 Å². The molecule has 1 aliphatic heterocycles.